The Kier molecular flexibility index (Phi) is 4.57. The van der Waals surface area contributed by atoms with Crippen molar-refractivity contribution in [1.29, 1.82) is 0 Å². The van der Waals surface area contributed by atoms with Crippen LogP contribution in [0.15, 0.2) is 18.2 Å². The highest BCUT2D eigenvalue weighted by Gasteiger charge is 2.36. The SMILES string of the molecule is O=C1CO[C@@H]2CCN(C(=O)Cc3ccc(Cl)c(Cl)c3)C[C@@H]2N1. The smallest absolute Gasteiger partial charge is 0.246 e. The number of likely N-dealkylation sites (tertiary alicyclic amines) is 1. The Morgan fingerprint density at radius 3 is 2.95 bits per heavy atom. The van der Waals surface area contributed by atoms with Crippen LogP contribution in [0.25, 0.3) is 0 Å². The Hall–Kier alpha value is -1.30. The van der Waals surface area contributed by atoms with Gasteiger partial charge in [0, 0.05) is 13.1 Å². The number of halogens is 2. The largest absolute Gasteiger partial charge is 0.366 e. The van der Waals surface area contributed by atoms with Crippen molar-refractivity contribution in [3.8, 4) is 0 Å². The fourth-order valence-electron chi connectivity index (χ4n) is 2.86. The highest BCUT2D eigenvalue weighted by atomic mass is 35.5. The third-order valence-corrected chi connectivity index (χ3v) is 4.76. The van der Waals surface area contributed by atoms with E-state index in [9.17, 15) is 9.59 Å². The van der Waals surface area contributed by atoms with Gasteiger partial charge in [-0.2, -0.15) is 0 Å². The summed E-state index contributed by atoms with van der Waals surface area (Å²) in [5.74, 6) is -0.114. The minimum absolute atomic E-state index is 0.00623. The first-order valence-corrected chi connectivity index (χ1v) is 7.91. The van der Waals surface area contributed by atoms with Gasteiger partial charge in [-0.05, 0) is 24.1 Å². The van der Waals surface area contributed by atoms with Crippen LogP contribution in [0.5, 0.6) is 0 Å². The van der Waals surface area contributed by atoms with Crippen LogP contribution in [0, 0.1) is 0 Å². The fraction of sp³-hybridized carbons (Fsp3) is 0.467. The second-order valence-electron chi connectivity index (χ2n) is 5.58. The summed E-state index contributed by atoms with van der Waals surface area (Å²) < 4.78 is 5.49. The third kappa shape index (κ3) is 3.37. The molecule has 2 fully saturated rings. The highest BCUT2D eigenvalue weighted by molar-refractivity contribution is 6.42. The molecule has 118 valence electrons. The predicted octanol–water partition coefficient (Wildman–Crippen LogP) is 1.65. The van der Waals surface area contributed by atoms with Crippen molar-refractivity contribution in [2.75, 3.05) is 19.7 Å². The number of morpholine rings is 1. The van der Waals surface area contributed by atoms with Crippen molar-refractivity contribution in [2.45, 2.75) is 25.0 Å². The van der Waals surface area contributed by atoms with E-state index in [2.05, 4.69) is 5.32 Å². The van der Waals surface area contributed by atoms with Crippen LogP contribution in [0.1, 0.15) is 12.0 Å². The monoisotopic (exact) mass is 342 g/mol. The maximum Gasteiger partial charge on any atom is 0.246 e. The third-order valence-electron chi connectivity index (χ3n) is 4.02. The van der Waals surface area contributed by atoms with Crippen LogP contribution in [-0.2, 0) is 20.7 Å². The summed E-state index contributed by atoms with van der Waals surface area (Å²) in [4.78, 5) is 25.6. The molecular formula is C15H16Cl2N2O3. The van der Waals surface area contributed by atoms with Crippen LogP contribution in [0.4, 0.5) is 0 Å². The molecule has 1 aromatic rings. The molecule has 0 saturated carbocycles. The molecule has 22 heavy (non-hydrogen) atoms. The van der Waals surface area contributed by atoms with E-state index in [-0.39, 0.29) is 37.0 Å². The number of carbonyl (C=O) groups excluding carboxylic acids is 2. The molecule has 2 saturated heterocycles. The lowest BCUT2D eigenvalue weighted by Crippen LogP contribution is -2.61. The van der Waals surface area contributed by atoms with Crippen molar-refractivity contribution < 1.29 is 14.3 Å². The summed E-state index contributed by atoms with van der Waals surface area (Å²) >= 11 is 11.8. The van der Waals surface area contributed by atoms with Crippen molar-refractivity contribution in [2.24, 2.45) is 0 Å². The molecule has 2 amide bonds. The predicted molar refractivity (Wildman–Crippen MR) is 83.0 cm³/mol. The fourth-order valence-corrected chi connectivity index (χ4v) is 3.18. The van der Waals surface area contributed by atoms with E-state index in [4.69, 9.17) is 27.9 Å². The van der Waals surface area contributed by atoms with E-state index in [1.165, 1.54) is 0 Å². The summed E-state index contributed by atoms with van der Waals surface area (Å²) in [6, 6.07) is 5.07. The van der Waals surface area contributed by atoms with Crippen LogP contribution in [-0.4, -0.2) is 48.6 Å². The van der Waals surface area contributed by atoms with Gasteiger partial charge in [0.25, 0.3) is 0 Å². The molecule has 2 aliphatic heterocycles. The van der Waals surface area contributed by atoms with Crippen molar-refractivity contribution in [1.82, 2.24) is 10.2 Å². The van der Waals surface area contributed by atoms with Crippen LogP contribution in [0.3, 0.4) is 0 Å². The van der Waals surface area contributed by atoms with E-state index in [1.807, 2.05) is 0 Å². The number of amides is 2. The highest BCUT2D eigenvalue weighted by Crippen LogP contribution is 2.24. The van der Waals surface area contributed by atoms with Gasteiger partial charge < -0.3 is 15.0 Å². The number of hydrogen-bond acceptors (Lipinski definition) is 3. The van der Waals surface area contributed by atoms with Crippen molar-refractivity contribution in [3.05, 3.63) is 33.8 Å². The zero-order valence-corrected chi connectivity index (χ0v) is 13.4. The molecule has 2 heterocycles. The zero-order valence-electron chi connectivity index (χ0n) is 11.9. The molecule has 7 heteroatoms. The Morgan fingerprint density at radius 2 is 2.18 bits per heavy atom. The van der Waals surface area contributed by atoms with Crippen molar-refractivity contribution >= 4 is 35.0 Å². The number of benzene rings is 1. The minimum Gasteiger partial charge on any atom is -0.366 e. The Bertz CT molecular complexity index is 608. The van der Waals surface area contributed by atoms with Gasteiger partial charge in [-0.3, -0.25) is 9.59 Å². The average molecular weight is 343 g/mol. The van der Waals surface area contributed by atoms with Gasteiger partial charge in [0.15, 0.2) is 0 Å². The van der Waals surface area contributed by atoms with E-state index in [0.29, 0.717) is 23.1 Å². The maximum absolute atomic E-state index is 12.4. The average Bonchev–Trinajstić information content (AvgIpc) is 2.50. The lowest BCUT2D eigenvalue weighted by Gasteiger charge is -2.41. The number of rotatable bonds is 2. The number of nitrogens with zero attached hydrogens (tertiary/aromatic N) is 1. The Labute approximate surface area is 138 Å². The first-order chi connectivity index (χ1) is 10.5. The molecule has 0 unspecified atom stereocenters. The Balaban J connectivity index is 1.62. The van der Waals surface area contributed by atoms with Gasteiger partial charge in [0.2, 0.25) is 11.8 Å². The Morgan fingerprint density at radius 1 is 1.36 bits per heavy atom. The van der Waals surface area contributed by atoms with Gasteiger partial charge in [0.1, 0.15) is 6.61 Å². The molecule has 2 aliphatic rings. The summed E-state index contributed by atoms with van der Waals surface area (Å²) in [5.41, 5.74) is 0.824. The molecular weight excluding hydrogens is 327 g/mol. The second-order valence-corrected chi connectivity index (χ2v) is 6.39. The number of fused-ring (bicyclic) bond motifs is 1. The molecule has 0 aliphatic carbocycles. The minimum atomic E-state index is -0.125. The van der Waals surface area contributed by atoms with E-state index >= 15 is 0 Å². The lowest BCUT2D eigenvalue weighted by atomic mass is 9.99. The van der Waals surface area contributed by atoms with Crippen LogP contribution < -0.4 is 5.32 Å². The molecule has 0 aromatic heterocycles. The summed E-state index contributed by atoms with van der Waals surface area (Å²) in [7, 11) is 0. The molecule has 2 atom stereocenters. The maximum atomic E-state index is 12.4. The van der Waals surface area contributed by atoms with Gasteiger partial charge in [-0.15, -0.1) is 0 Å². The quantitative estimate of drug-likeness (QED) is 0.888. The molecule has 1 aromatic carbocycles. The number of hydrogen-bond donors (Lipinski definition) is 1. The summed E-state index contributed by atoms with van der Waals surface area (Å²) in [6.45, 7) is 1.23. The summed E-state index contributed by atoms with van der Waals surface area (Å²) in [6.07, 6.45) is 1.01. The first kappa shape index (κ1) is 15.6. The van der Waals surface area contributed by atoms with Crippen molar-refractivity contribution in [3.63, 3.8) is 0 Å². The van der Waals surface area contributed by atoms with E-state index < -0.39 is 0 Å². The van der Waals surface area contributed by atoms with Gasteiger partial charge in [-0.25, -0.2) is 0 Å². The van der Waals surface area contributed by atoms with Crippen LogP contribution >= 0.6 is 23.2 Å². The van der Waals surface area contributed by atoms with Gasteiger partial charge in [0.05, 0.1) is 28.6 Å². The zero-order chi connectivity index (χ0) is 15.7. The van der Waals surface area contributed by atoms with Gasteiger partial charge >= 0.3 is 0 Å². The molecule has 1 N–H and O–H groups in total. The van der Waals surface area contributed by atoms with E-state index in [1.54, 1.807) is 23.1 Å². The van der Waals surface area contributed by atoms with Gasteiger partial charge in [-0.1, -0.05) is 29.3 Å². The first-order valence-electron chi connectivity index (χ1n) is 7.15. The number of piperidine rings is 1. The normalized spacial score (nSPS) is 24.6. The second kappa shape index (κ2) is 6.44. The molecule has 0 spiro atoms. The number of carbonyl (C=O) groups is 2. The molecule has 0 bridgehead atoms. The standard InChI is InChI=1S/C15H16Cl2N2O3/c16-10-2-1-9(5-11(10)17)6-15(21)19-4-3-13-12(7-19)18-14(20)8-22-13/h1-2,5,12-13H,3-4,6-8H2,(H,18,20)/t12-,13+/m0/s1. The lowest BCUT2D eigenvalue weighted by molar-refractivity contribution is -0.146. The number of nitrogens with one attached hydrogen (secondary N) is 1. The molecule has 5 nitrogen and oxygen atoms in total. The number of ether oxygens (including phenoxy) is 1. The molecule has 3 rings (SSSR count). The van der Waals surface area contributed by atoms with Crippen LogP contribution in [0.2, 0.25) is 10.0 Å². The molecule has 0 radical (unpaired) electrons. The van der Waals surface area contributed by atoms with E-state index in [0.717, 1.165) is 12.0 Å². The summed E-state index contributed by atoms with van der Waals surface area (Å²) in [5, 5.41) is 3.80. The topological polar surface area (TPSA) is 58.6 Å².